The van der Waals surface area contributed by atoms with Gasteiger partial charge in [-0.15, -0.1) is 0 Å². The van der Waals surface area contributed by atoms with Crippen LogP contribution in [0.2, 0.25) is 0 Å². The van der Waals surface area contributed by atoms with Crippen molar-refractivity contribution in [2.24, 2.45) is 0 Å². The van der Waals surface area contributed by atoms with Crippen molar-refractivity contribution in [3.8, 4) is 0 Å². The number of amides is 1. The fourth-order valence-corrected chi connectivity index (χ4v) is 4.18. The third kappa shape index (κ3) is 4.72. The molecule has 2 aliphatic rings. The number of nitrogens with zero attached hydrogens (tertiary/aromatic N) is 1. The molecule has 0 bridgehead atoms. The second-order valence-corrected chi connectivity index (χ2v) is 9.42. The molecule has 2 heterocycles. The van der Waals surface area contributed by atoms with Gasteiger partial charge in [0, 0.05) is 42.1 Å². The number of carbonyl (C=O) groups excluding carboxylic acids is 1. The Bertz CT molecular complexity index is 1070. The molecule has 1 fully saturated rings. The van der Waals surface area contributed by atoms with Crippen molar-refractivity contribution < 1.29 is 17.9 Å². The molecule has 4 rings (SSSR count). The minimum atomic E-state index is -3.38. The molecular formula is C22H25N3O4S. The monoisotopic (exact) mass is 427 g/mol. The van der Waals surface area contributed by atoms with Crippen LogP contribution in [0.5, 0.6) is 0 Å². The van der Waals surface area contributed by atoms with Crippen LogP contribution in [0.4, 0.5) is 11.4 Å². The topological polar surface area (TPSA) is 87.7 Å². The van der Waals surface area contributed by atoms with Gasteiger partial charge in [0.1, 0.15) is 0 Å². The van der Waals surface area contributed by atoms with Gasteiger partial charge in [-0.25, -0.2) is 8.42 Å². The largest absolute Gasteiger partial charge is 0.379 e. The van der Waals surface area contributed by atoms with Gasteiger partial charge >= 0.3 is 0 Å². The molecule has 0 unspecified atom stereocenters. The summed E-state index contributed by atoms with van der Waals surface area (Å²) in [6.45, 7) is 5.88. The van der Waals surface area contributed by atoms with Gasteiger partial charge < -0.3 is 10.1 Å². The molecule has 7 nitrogen and oxygen atoms in total. The molecule has 2 aliphatic heterocycles. The van der Waals surface area contributed by atoms with Gasteiger partial charge in [0.15, 0.2) is 0 Å². The van der Waals surface area contributed by atoms with Crippen LogP contribution in [0.3, 0.4) is 0 Å². The molecule has 0 spiro atoms. The lowest BCUT2D eigenvalue weighted by atomic mass is 10.0. The molecule has 158 valence electrons. The third-order valence-electron chi connectivity index (χ3n) is 5.26. The number of fused-ring (bicyclic) bond motifs is 1. The van der Waals surface area contributed by atoms with E-state index in [0.717, 1.165) is 38.4 Å². The Labute approximate surface area is 176 Å². The van der Waals surface area contributed by atoms with Crippen molar-refractivity contribution in [3.05, 3.63) is 59.2 Å². The Morgan fingerprint density at radius 1 is 1.13 bits per heavy atom. The normalized spacial score (nSPS) is 18.3. The van der Waals surface area contributed by atoms with Crippen LogP contribution in [0, 0.1) is 0 Å². The van der Waals surface area contributed by atoms with Crippen molar-refractivity contribution >= 4 is 39.0 Å². The first kappa shape index (κ1) is 20.6. The summed E-state index contributed by atoms with van der Waals surface area (Å²) in [7, 11) is -3.38. The number of hydrogen-bond donors (Lipinski definition) is 2. The van der Waals surface area contributed by atoms with E-state index in [2.05, 4.69) is 27.1 Å². The van der Waals surface area contributed by atoms with Gasteiger partial charge in [0.25, 0.3) is 5.91 Å². The highest BCUT2D eigenvalue weighted by Gasteiger charge is 2.25. The number of hydrogen-bond acceptors (Lipinski definition) is 5. The van der Waals surface area contributed by atoms with Crippen LogP contribution in [0.15, 0.2) is 42.5 Å². The Kier molecular flexibility index (Phi) is 5.90. The van der Waals surface area contributed by atoms with Gasteiger partial charge in [-0.3, -0.25) is 14.4 Å². The number of anilines is 2. The zero-order chi connectivity index (χ0) is 21.1. The van der Waals surface area contributed by atoms with Crippen molar-refractivity contribution in [2.45, 2.75) is 13.5 Å². The first-order valence-electron chi connectivity index (χ1n) is 10.0. The molecule has 2 aromatic carbocycles. The molecule has 0 atom stereocenters. The molecule has 0 aromatic heterocycles. The van der Waals surface area contributed by atoms with Crippen LogP contribution >= 0.6 is 0 Å². The molecule has 1 amide bonds. The second-order valence-electron chi connectivity index (χ2n) is 7.41. The van der Waals surface area contributed by atoms with E-state index in [9.17, 15) is 13.2 Å². The third-order valence-corrected chi connectivity index (χ3v) is 6.56. The molecule has 2 aromatic rings. The van der Waals surface area contributed by atoms with Crippen LogP contribution in [0.25, 0.3) is 11.6 Å². The fraction of sp³-hybridized carbons (Fsp3) is 0.318. The number of ether oxygens (including phenoxy) is 1. The minimum absolute atomic E-state index is 0.0131. The van der Waals surface area contributed by atoms with E-state index < -0.39 is 10.0 Å². The minimum Gasteiger partial charge on any atom is -0.379 e. The molecule has 0 saturated carbocycles. The molecule has 8 heteroatoms. The zero-order valence-electron chi connectivity index (χ0n) is 16.8. The summed E-state index contributed by atoms with van der Waals surface area (Å²) in [5.41, 5.74) is 4.45. The molecule has 2 N–H and O–H groups in total. The zero-order valence-corrected chi connectivity index (χ0v) is 17.7. The average Bonchev–Trinajstić information content (AvgIpc) is 3.05. The van der Waals surface area contributed by atoms with Crippen LogP contribution in [-0.2, 0) is 26.1 Å². The highest BCUT2D eigenvalue weighted by molar-refractivity contribution is 7.92. The first-order chi connectivity index (χ1) is 14.4. The lowest BCUT2D eigenvalue weighted by molar-refractivity contribution is -0.110. The van der Waals surface area contributed by atoms with E-state index in [1.54, 1.807) is 25.1 Å². The predicted octanol–water partition coefficient (Wildman–Crippen LogP) is 2.77. The summed E-state index contributed by atoms with van der Waals surface area (Å²) < 4.78 is 31.6. The Morgan fingerprint density at radius 3 is 2.57 bits per heavy atom. The van der Waals surface area contributed by atoms with Crippen molar-refractivity contribution in [1.82, 2.24) is 4.90 Å². The maximum atomic E-state index is 12.5. The molecule has 0 aliphatic carbocycles. The maximum absolute atomic E-state index is 12.5. The van der Waals surface area contributed by atoms with E-state index in [4.69, 9.17) is 4.74 Å². The van der Waals surface area contributed by atoms with Crippen molar-refractivity contribution in [1.29, 1.82) is 0 Å². The van der Waals surface area contributed by atoms with Crippen molar-refractivity contribution in [2.75, 3.05) is 42.1 Å². The molecular weight excluding hydrogens is 402 g/mol. The number of morpholine rings is 1. The summed E-state index contributed by atoms with van der Waals surface area (Å²) in [6.07, 6.45) is 1.83. The van der Waals surface area contributed by atoms with Gasteiger partial charge in [0.2, 0.25) is 10.0 Å². The van der Waals surface area contributed by atoms with E-state index in [1.165, 1.54) is 5.56 Å². The van der Waals surface area contributed by atoms with E-state index >= 15 is 0 Å². The van der Waals surface area contributed by atoms with Crippen LogP contribution < -0.4 is 10.0 Å². The molecule has 30 heavy (non-hydrogen) atoms. The maximum Gasteiger partial charge on any atom is 0.256 e. The Balaban J connectivity index is 1.54. The van der Waals surface area contributed by atoms with Gasteiger partial charge in [-0.2, -0.15) is 0 Å². The molecule has 0 radical (unpaired) electrons. The summed E-state index contributed by atoms with van der Waals surface area (Å²) in [5.74, 6) is -0.210. The van der Waals surface area contributed by atoms with Gasteiger partial charge in [-0.05, 0) is 42.3 Å². The van der Waals surface area contributed by atoms with E-state index in [-0.39, 0.29) is 11.7 Å². The first-order valence-corrected chi connectivity index (χ1v) is 11.7. The standard InChI is InChI=1S/C22H25N3O4S/c1-2-30(27,28)24-18-7-8-21-19(14-18)20(22(26)23-21)13-16-3-5-17(6-4-16)15-25-9-11-29-12-10-25/h3-8,13-14,24H,2,9-12,15H2,1H3,(H,23,26). The lowest BCUT2D eigenvalue weighted by Gasteiger charge is -2.26. The van der Waals surface area contributed by atoms with E-state index in [0.29, 0.717) is 22.5 Å². The predicted molar refractivity (Wildman–Crippen MR) is 119 cm³/mol. The number of carbonyl (C=O) groups is 1. The Hall–Kier alpha value is -2.68. The number of nitrogens with one attached hydrogen (secondary N) is 2. The second kappa shape index (κ2) is 8.59. The quantitative estimate of drug-likeness (QED) is 0.692. The van der Waals surface area contributed by atoms with Gasteiger partial charge in [0.05, 0.1) is 19.0 Å². The molecule has 1 saturated heterocycles. The number of rotatable bonds is 6. The average molecular weight is 428 g/mol. The summed E-state index contributed by atoms with van der Waals surface area (Å²) in [6, 6.07) is 13.2. The number of sulfonamides is 1. The summed E-state index contributed by atoms with van der Waals surface area (Å²) in [5, 5.41) is 2.83. The SMILES string of the molecule is CCS(=O)(=O)Nc1ccc2c(c1)C(=Cc1ccc(CN3CCOCC3)cc1)C(=O)N2. The van der Waals surface area contributed by atoms with Crippen molar-refractivity contribution in [3.63, 3.8) is 0 Å². The Morgan fingerprint density at radius 2 is 1.87 bits per heavy atom. The van der Waals surface area contributed by atoms with Gasteiger partial charge in [-0.1, -0.05) is 24.3 Å². The smallest absolute Gasteiger partial charge is 0.256 e. The highest BCUT2D eigenvalue weighted by atomic mass is 32.2. The summed E-state index contributed by atoms with van der Waals surface area (Å²) >= 11 is 0. The van der Waals surface area contributed by atoms with E-state index in [1.807, 2.05) is 18.2 Å². The lowest BCUT2D eigenvalue weighted by Crippen LogP contribution is -2.35. The van der Waals surface area contributed by atoms with Crippen LogP contribution in [0.1, 0.15) is 23.6 Å². The number of benzene rings is 2. The highest BCUT2D eigenvalue weighted by Crippen LogP contribution is 2.35. The summed E-state index contributed by atoms with van der Waals surface area (Å²) in [4.78, 5) is 14.8. The fourth-order valence-electron chi connectivity index (χ4n) is 3.55. The van der Waals surface area contributed by atoms with Crippen LogP contribution in [-0.4, -0.2) is 51.3 Å².